The molecule has 2 aromatic rings. The summed E-state index contributed by atoms with van der Waals surface area (Å²) >= 11 is 1.84. The van der Waals surface area contributed by atoms with E-state index in [-0.39, 0.29) is 5.91 Å². The van der Waals surface area contributed by atoms with Crippen molar-refractivity contribution in [3.05, 3.63) is 64.7 Å². The molecule has 0 heterocycles. The third-order valence-corrected chi connectivity index (χ3v) is 4.52. The van der Waals surface area contributed by atoms with Crippen LogP contribution >= 0.6 is 11.8 Å². The van der Waals surface area contributed by atoms with Gasteiger partial charge in [0.1, 0.15) is 0 Å². The Hall–Kier alpha value is -1.78. The summed E-state index contributed by atoms with van der Waals surface area (Å²) in [7, 11) is 0. The van der Waals surface area contributed by atoms with E-state index >= 15 is 0 Å². The second kappa shape index (κ2) is 7.29. The summed E-state index contributed by atoms with van der Waals surface area (Å²) < 4.78 is 0. The van der Waals surface area contributed by atoms with Crippen LogP contribution in [0, 0.1) is 13.8 Å². The lowest BCUT2D eigenvalue weighted by atomic mass is 10.1. The molecule has 0 atom stereocenters. The SMILES string of the molecule is Cc1ccc(C)c(SCc2ccc(CC(=O)NN)cc2)c1. The smallest absolute Gasteiger partial charge is 0.238 e. The first-order valence-electron chi connectivity index (χ1n) is 6.86. The lowest BCUT2D eigenvalue weighted by molar-refractivity contribution is -0.120. The molecule has 0 unspecified atom stereocenters. The Morgan fingerprint density at radius 3 is 2.43 bits per heavy atom. The molecule has 0 radical (unpaired) electrons. The fraction of sp³-hybridized carbons (Fsp3) is 0.235. The number of aryl methyl sites for hydroxylation is 2. The largest absolute Gasteiger partial charge is 0.294 e. The Bertz CT molecular complexity index is 623. The third kappa shape index (κ3) is 4.62. The van der Waals surface area contributed by atoms with Gasteiger partial charge < -0.3 is 0 Å². The van der Waals surface area contributed by atoms with Gasteiger partial charge in [-0.05, 0) is 36.6 Å². The lowest BCUT2D eigenvalue weighted by Gasteiger charge is -2.07. The van der Waals surface area contributed by atoms with Gasteiger partial charge in [0.2, 0.25) is 5.91 Å². The number of amides is 1. The highest BCUT2D eigenvalue weighted by atomic mass is 32.2. The minimum absolute atomic E-state index is 0.174. The van der Waals surface area contributed by atoms with Crippen LogP contribution in [0.2, 0.25) is 0 Å². The van der Waals surface area contributed by atoms with Crippen LogP contribution in [0.25, 0.3) is 0 Å². The molecule has 0 spiro atoms. The Labute approximate surface area is 129 Å². The number of nitrogens with one attached hydrogen (secondary N) is 1. The van der Waals surface area contributed by atoms with Crippen molar-refractivity contribution >= 4 is 17.7 Å². The molecule has 0 aliphatic rings. The molecule has 0 aliphatic carbocycles. The molecule has 0 saturated heterocycles. The van der Waals surface area contributed by atoms with Gasteiger partial charge in [-0.15, -0.1) is 11.8 Å². The number of benzene rings is 2. The molecule has 2 rings (SSSR count). The summed E-state index contributed by atoms with van der Waals surface area (Å²) in [5, 5.41) is 0. The summed E-state index contributed by atoms with van der Waals surface area (Å²) in [6.07, 6.45) is 0.320. The first kappa shape index (κ1) is 15.6. The summed E-state index contributed by atoms with van der Waals surface area (Å²) in [6, 6.07) is 14.6. The number of hydrazine groups is 1. The molecular weight excluding hydrogens is 280 g/mol. The normalized spacial score (nSPS) is 10.4. The Balaban J connectivity index is 1.97. The van der Waals surface area contributed by atoms with Gasteiger partial charge in [-0.25, -0.2) is 5.84 Å². The van der Waals surface area contributed by atoms with Crippen molar-refractivity contribution in [1.82, 2.24) is 5.43 Å². The molecule has 0 aromatic heterocycles. The average molecular weight is 300 g/mol. The molecule has 2 aromatic carbocycles. The number of hydrogen-bond acceptors (Lipinski definition) is 3. The van der Waals surface area contributed by atoms with Gasteiger partial charge in [-0.3, -0.25) is 10.2 Å². The van der Waals surface area contributed by atoms with Crippen molar-refractivity contribution in [3.8, 4) is 0 Å². The van der Waals surface area contributed by atoms with Gasteiger partial charge in [-0.2, -0.15) is 0 Å². The Morgan fingerprint density at radius 1 is 1.10 bits per heavy atom. The molecule has 4 heteroatoms. The number of carbonyl (C=O) groups is 1. The minimum atomic E-state index is -0.174. The maximum atomic E-state index is 11.2. The maximum absolute atomic E-state index is 11.2. The van der Waals surface area contributed by atoms with E-state index in [1.807, 2.05) is 23.9 Å². The quantitative estimate of drug-likeness (QED) is 0.386. The first-order valence-corrected chi connectivity index (χ1v) is 7.84. The highest BCUT2D eigenvalue weighted by Gasteiger charge is 2.03. The highest BCUT2D eigenvalue weighted by molar-refractivity contribution is 7.98. The van der Waals surface area contributed by atoms with Crippen LogP contribution in [-0.4, -0.2) is 5.91 Å². The zero-order valence-corrected chi connectivity index (χ0v) is 13.2. The van der Waals surface area contributed by atoms with E-state index in [0.717, 1.165) is 11.3 Å². The van der Waals surface area contributed by atoms with Crippen LogP contribution in [0.3, 0.4) is 0 Å². The van der Waals surface area contributed by atoms with Gasteiger partial charge >= 0.3 is 0 Å². The monoisotopic (exact) mass is 300 g/mol. The fourth-order valence-electron chi connectivity index (χ4n) is 2.01. The van der Waals surface area contributed by atoms with E-state index < -0.39 is 0 Å². The van der Waals surface area contributed by atoms with Gasteiger partial charge in [0.05, 0.1) is 6.42 Å². The standard InChI is InChI=1S/C17H20N2OS/c1-12-3-4-13(2)16(9-12)21-11-15-7-5-14(6-8-15)10-17(20)19-18/h3-9H,10-11,18H2,1-2H3,(H,19,20). The number of carbonyl (C=O) groups excluding carboxylic acids is 1. The Morgan fingerprint density at radius 2 is 1.76 bits per heavy atom. The van der Waals surface area contributed by atoms with E-state index in [1.54, 1.807) is 0 Å². The minimum Gasteiger partial charge on any atom is -0.294 e. The molecule has 0 bridgehead atoms. The maximum Gasteiger partial charge on any atom is 0.238 e. The number of thioether (sulfide) groups is 1. The topological polar surface area (TPSA) is 55.1 Å². The van der Waals surface area contributed by atoms with E-state index in [4.69, 9.17) is 5.84 Å². The molecule has 0 aliphatic heterocycles. The van der Waals surface area contributed by atoms with Crippen LogP contribution in [0.1, 0.15) is 22.3 Å². The molecule has 0 fully saturated rings. The van der Waals surface area contributed by atoms with Crippen molar-refractivity contribution in [2.75, 3.05) is 0 Å². The number of nitrogens with two attached hydrogens (primary N) is 1. The van der Waals surface area contributed by atoms with Crippen LogP contribution in [0.5, 0.6) is 0 Å². The molecule has 0 saturated carbocycles. The molecule has 3 N–H and O–H groups in total. The van der Waals surface area contributed by atoms with Gasteiger partial charge in [0.25, 0.3) is 0 Å². The van der Waals surface area contributed by atoms with Crippen LogP contribution in [0.15, 0.2) is 47.4 Å². The lowest BCUT2D eigenvalue weighted by Crippen LogP contribution is -2.31. The first-order chi connectivity index (χ1) is 10.1. The van der Waals surface area contributed by atoms with Crippen molar-refractivity contribution in [1.29, 1.82) is 0 Å². The van der Waals surface area contributed by atoms with Crippen LogP contribution in [0.4, 0.5) is 0 Å². The highest BCUT2D eigenvalue weighted by Crippen LogP contribution is 2.27. The summed E-state index contributed by atoms with van der Waals surface area (Å²) in [4.78, 5) is 12.5. The predicted octanol–water partition coefficient (Wildman–Crippen LogP) is 3.13. The molecule has 3 nitrogen and oxygen atoms in total. The van der Waals surface area contributed by atoms with Crippen LogP contribution in [-0.2, 0) is 17.0 Å². The van der Waals surface area contributed by atoms with Crippen molar-refractivity contribution in [2.45, 2.75) is 30.9 Å². The van der Waals surface area contributed by atoms with E-state index in [0.29, 0.717) is 6.42 Å². The van der Waals surface area contributed by atoms with Crippen LogP contribution < -0.4 is 11.3 Å². The summed E-state index contributed by atoms with van der Waals surface area (Å²) in [5.74, 6) is 5.84. The number of hydrogen-bond donors (Lipinski definition) is 2. The second-order valence-corrected chi connectivity index (χ2v) is 6.14. The van der Waals surface area contributed by atoms with E-state index in [9.17, 15) is 4.79 Å². The molecule has 21 heavy (non-hydrogen) atoms. The third-order valence-electron chi connectivity index (χ3n) is 3.29. The number of rotatable bonds is 5. The van der Waals surface area contributed by atoms with Crippen molar-refractivity contribution in [3.63, 3.8) is 0 Å². The molecular formula is C17H20N2OS. The predicted molar refractivity (Wildman–Crippen MR) is 88.0 cm³/mol. The summed E-state index contributed by atoms with van der Waals surface area (Å²) in [6.45, 7) is 4.25. The zero-order valence-electron chi connectivity index (χ0n) is 12.3. The zero-order chi connectivity index (χ0) is 15.2. The van der Waals surface area contributed by atoms with Gasteiger partial charge in [0, 0.05) is 10.6 Å². The fourth-order valence-corrected chi connectivity index (χ4v) is 3.09. The molecule has 1 amide bonds. The van der Waals surface area contributed by atoms with Crippen molar-refractivity contribution < 1.29 is 4.79 Å². The van der Waals surface area contributed by atoms with E-state index in [1.165, 1.54) is 21.6 Å². The Kier molecular flexibility index (Phi) is 5.42. The summed E-state index contributed by atoms with van der Waals surface area (Å²) in [5.41, 5.74) is 6.95. The van der Waals surface area contributed by atoms with Crippen molar-refractivity contribution in [2.24, 2.45) is 5.84 Å². The van der Waals surface area contributed by atoms with Gasteiger partial charge in [0.15, 0.2) is 0 Å². The molecule has 110 valence electrons. The van der Waals surface area contributed by atoms with Gasteiger partial charge in [-0.1, -0.05) is 42.0 Å². The average Bonchev–Trinajstić information content (AvgIpc) is 2.49. The van der Waals surface area contributed by atoms with E-state index in [2.05, 4.69) is 49.6 Å². The second-order valence-electron chi connectivity index (χ2n) is 5.12.